The van der Waals surface area contributed by atoms with Crippen LogP contribution in [0.2, 0.25) is 0 Å². The van der Waals surface area contributed by atoms with Gasteiger partial charge in [0.05, 0.1) is 11.6 Å². The van der Waals surface area contributed by atoms with Crippen LogP contribution in [0.15, 0.2) is 84.4 Å². The Hall–Kier alpha value is -3.93. The average molecular weight is 389 g/mol. The molecule has 1 aliphatic heterocycles. The Kier molecular flexibility index (Phi) is 4.60. The number of halogens is 1. The van der Waals surface area contributed by atoms with E-state index in [1.54, 1.807) is 30.3 Å². The minimum atomic E-state index is -0.944. The van der Waals surface area contributed by atoms with Crippen molar-refractivity contribution >= 4 is 23.1 Å². The Morgan fingerprint density at radius 1 is 0.862 bits per heavy atom. The van der Waals surface area contributed by atoms with Gasteiger partial charge < -0.3 is 10.2 Å². The number of hydrogen-bond donors (Lipinski definition) is 2. The summed E-state index contributed by atoms with van der Waals surface area (Å²) >= 11 is 0. The number of phenols is 1. The van der Waals surface area contributed by atoms with Crippen LogP contribution in [0.5, 0.6) is 5.75 Å². The summed E-state index contributed by atoms with van der Waals surface area (Å²) in [5, 5.41) is 20.4. The van der Waals surface area contributed by atoms with Gasteiger partial charge in [0, 0.05) is 11.3 Å². The summed E-state index contributed by atoms with van der Waals surface area (Å²) in [6.45, 7) is 0. The molecule has 1 atom stereocenters. The molecule has 4 rings (SSSR count). The fourth-order valence-electron chi connectivity index (χ4n) is 3.42. The molecule has 1 saturated heterocycles. The van der Waals surface area contributed by atoms with E-state index in [1.165, 1.54) is 53.4 Å². The van der Waals surface area contributed by atoms with Gasteiger partial charge in [-0.2, -0.15) is 0 Å². The molecule has 0 saturated carbocycles. The highest BCUT2D eigenvalue weighted by Gasteiger charge is 2.46. The van der Waals surface area contributed by atoms with Crippen molar-refractivity contribution in [3.8, 4) is 5.75 Å². The summed E-state index contributed by atoms with van der Waals surface area (Å²) in [6.07, 6.45) is 0. The Morgan fingerprint density at radius 3 is 2.10 bits per heavy atom. The number of carbonyl (C=O) groups excluding carboxylic acids is 2. The second-order valence-electron chi connectivity index (χ2n) is 6.60. The number of anilines is 1. The van der Waals surface area contributed by atoms with Crippen LogP contribution in [0, 0.1) is 5.82 Å². The number of aliphatic hydroxyl groups excluding tert-OH is 1. The third-order valence-electron chi connectivity index (χ3n) is 4.81. The van der Waals surface area contributed by atoms with Crippen molar-refractivity contribution in [1.82, 2.24) is 0 Å². The SMILES string of the molecule is O=C1C(=O)N(c2ccc(O)cc2)[C@H](c2ccc(F)cc2)/C1=C(\O)c1ccccc1. The number of ketones is 1. The van der Waals surface area contributed by atoms with Crippen molar-refractivity contribution < 1.29 is 24.2 Å². The van der Waals surface area contributed by atoms with E-state index in [9.17, 15) is 24.2 Å². The van der Waals surface area contributed by atoms with Gasteiger partial charge in [0.25, 0.3) is 11.7 Å². The molecule has 1 heterocycles. The minimum Gasteiger partial charge on any atom is -0.508 e. The molecule has 3 aromatic carbocycles. The normalized spacial score (nSPS) is 18.2. The molecule has 0 unspecified atom stereocenters. The number of amides is 1. The number of rotatable bonds is 3. The Labute approximate surface area is 166 Å². The number of Topliss-reactive ketones (excluding diaryl/α,β-unsaturated/α-hetero) is 1. The molecule has 1 aliphatic rings. The minimum absolute atomic E-state index is 0.00736. The number of nitrogens with zero attached hydrogens (tertiary/aromatic N) is 1. The molecule has 0 radical (unpaired) electrons. The van der Waals surface area contributed by atoms with E-state index < -0.39 is 23.5 Å². The lowest BCUT2D eigenvalue weighted by molar-refractivity contribution is -0.132. The Balaban J connectivity index is 1.94. The van der Waals surface area contributed by atoms with Crippen LogP contribution in [0.4, 0.5) is 10.1 Å². The lowest BCUT2D eigenvalue weighted by Gasteiger charge is -2.25. The fourth-order valence-corrected chi connectivity index (χ4v) is 3.42. The fraction of sp³-hybridized carbons (Fsp3) is 0.0435. The lowest BCUT2D eigenvalue weighted by atomic mass is 9.95. The second kappa shape index (κ2) is 7.24. The van der Waals surface area contributed by atoms with Gasteiger partial charge in [-0.25, -0.2) is 4.39 Å². The van der Waals surface area contributed by atoms with Gasteiger partial charge in [0.2, 0.25) is 0 Å². The average Bonchev–Trinajstić information content (AvgIpc) is 3.00. The summed E-state index contributed by atoms with van der Waals surface area (Å²) in [7, 11) is 0. The van der Waals surface area contributed by atoms with Crippen LogP contribution in [0.3, 0.4) is 0 Å². The van der Waals surface area contributed by atoms with Crippen molar-refractivity contribution in [2.45, 2.75) is 6.04 Å². The molecule has 2 N–H and O–H groups in total. The maximum absolute atomic E-state index is 13.5. The summed E-state index contributed by atoms with van der Waals surface area (Å²) in [5.41, 5.74) is 1.15. The largest absolute Gasteiger partial charge is 0.508 e. The van der Waals surface area contributed by atoms with Crippen LogP contribution >= 0.6 is 0 Å². The zero-order chi connectivity index (χ0) is 20.5. The van der Waals surface area contributed by atoms with Gasteiger partial charge in [-0.15, -0.1) is 0 Å². The molecule has 6 heteroatoms. The predicted octanol–water partition coefficient (Wildman–Crippen LogP) is 4.16. The predicted molar refractivity (Wildman–Crippen MR) is 106 cm³/mol. The monoisotopic (exact) mass is 389 g/mol. The summed E-state index contributed by atoms with van der Waals surface area (Å²) in [5.74, 6) is -2.41. The molecule has 1 fully saturated rings. The van der Waals surface area contributed by atoms with Crippen LogP contribution in [0.1, 0.15) is 17.2 Å². The molecular formula is C23H16FNO4. The van der Waals surface area contributed by atoms with Gasteiger partial charge in [-0.05, 0) is 42.0 Å². The van der Waals surface area contributed by atoms with Gasteiger partial charge in [0.15, 0.2) is 0 Å². The van der Waals surface area contributed by atoms with Gasteiger partial charge in [-0.3, -0.25) is 14.5 Å². The van der Waals surface area contributed by atoms with Crippen molar-refractivity contribution in [2.24, 2.45) is 0 Å². The second-order valence-corrected chi connectivity index (χ2v) is 6.60. The van der Waals surface area contributed by atoms with E-state index in [1.807, 2.05) is 0 Å². The first-order chi connectivity index (χ1) is 14.0. The highest BCUT2D eigenvalue weighted by molar-refractivity contribution is 6.51. The van der Waals surface area contributed by atoms with E-state index in [0.29, 0.717) is 16.8 Å². The highest BCUT2D eigenvalue weighted by Crippen LogP contribution is 2.42. The van der Waals surface area contributed by atoms with Gasteiger partial charge in [0.1, 0.15) is 17.3 Å². The molecule has 144 valence electrons. The number of aliphatic hydroxyl groups is 1. The zero-order valence-corrected chi connectivity index (χ0v) is 15.1. The quantitative estimate of drug-likeness (QED) is 0.401. The first-order valence-electron chi connectivity index (χ1n) is 8.88. The molecule has 0 aliphatic carbocycles. The molecule has 0 spiro atoms. The summed E-state index contributed by atoms with van der Waals surface area (Å²) in [4.78, 5) is 27.0. The Bertz CT molecular complexity index is 1110. The maximum atomic E-state index is 13.5. The van der Waals surface area contributed by atoms with E-state index in [2.05, 4.69) is 0 Å². The molecule has 1 amide bonds. The van der Waals surface area contributed by atoms with Crippen LogP contribution in [-0.4, -0.2) is 21.9 Å². The maximum Gasteiger partial charge on any atom is 0.300 e. The topological polar surface area (TPSA) is 77.8 Å². The summed E-state index contributed by atoms with van der Waals surface area (Å²) < 4.78 is 13.5. The van der Waals surface area contributed by atoms with E-state index in [4.69, 9.17) is 0 Å². The van der Waals surface area contributed by atoms with Crippen LogP contribution in [0.25, 0.3) is 5.76 Å². The Morgan fingerprint density at radius 2 is 1.48 bits per heavy atom. The number of carbonyl (C=O) groups is 2. The van der Waals surface area contributed by atoms with Crippen molar-refractivity contribution in [3.63, 3.8) is 0 Å². The molecule has 0 aromatic heterocycles. The van der Waals surface area contributed by atoms with Gasteiger partial charge in [-0.1, -0.05) is 42.5 Å². The molecule has 0 bridgehead atoms. The first-order valence-corrected chi connectivity index (χ1v) is 8.88. The molecular weight excluding hydrogens is 373 g/mol. The smallest absolute Gasteiger partial charge is 0.300 e. The third-order valence-corrected chi connectivity index (χ3v) is 4.81. The molecule has 3 aromatic rings. The van der Waals surface area contributed by atoms with Crippen molar-refractivity contribution in [3.05, 3.63) is 101 Å². The third kappa shape index (κ3) is 3.25. The number of phenolic OH excluding ortho intramolecular Hbond substituents is 1. The number of aromatic hydroxyl groups is 1. The molecule has 5 nitrogen and oxygen atoms in total. The van der Waals surface area contributed by atoms with E-state index in [0.717, 1.165) is 0 Å². The van der Waals surface area contributed by atoms with Crippen molar-refractivity contribution in [1.29, 1.82) is 0 Å². The number of benzene rings is 3. The van der Waals surface area contributed by atoms with E-state index >= 15 is 0 Å². The zero-order valence-electron chi connectivity index (χ0n) is 15.1. The van der Waals surface area contributed by atoms with Crippen LogP contribution < -0.4 is 4.90 Å². The summed E-state index contributed by atoms with van der Waals surface area (Å²) in [6, 6.07) is 18.7. The van der Waals surface area contributed by atoms with Gasteiger partial charge >= 0.3 is 0 Å². The van der Waals surface area contributed by atoms with Crippen LogP contribution in [-0.2, 0) is 9.59 Å². The molecule has 29 heavy (non-hydrogen) atoms. The van der Waals surface area contributed by atoms with Crippen molar-refractivity contribution in [2.75, 3.05) is 4.90 Å². The van der Waals surface area contributed by atoms with E-state index in [-0.39, 0.29) is 17.1 Å². The number of hydrogen-bond acceptors (Lipinski definition) is 4. The first kappa shape index (κ1) is 18.4. The standard InChI is InChI=1S/C23H16FNO4/c24-16-8-6-14(7-9-16)20-19(21(27)15-4-2-1-3-5-15)22(28)23(29)25(20)17-10-12-18(26)13-11-17/h1-13,20,26-27H/b21-19+/t20-/m1/s1. The lowest BCUT2D eigenvalue weighted by Crippen LogP contribution is -2.29. The highest BCUT2D eigenvalue weighted by atomic mass is 19.1.